The molecule has 29 heavy (non-hydrogen) atoms. The van der Waals surface area contributed by atoms with Crippen LogP contribution < -0.4 is 0 Å². The van der Waals surface area contributed by atoms with Crippen LogP contribution in [0.15, 0.2) is 48.5 Å². The van der Waals surface area contributed by atoms with Crippen molar-refractivity contribution in [3.63, 3.8) is 0 Å². The number of likely N-dealkylation sites (tertiary alicyclic amines) is 1. The minimum absolute atomic E-state index is 0.132. The van der Waals surface area contributed by atoms with Gasteiger partial charge in [-0.2, -0.15) is 0 Å². The number of aryl methyl sites for hydroxylation is 1. The molecule has 1 saturated heterocycles. The predicted octanol–water partition coefficient (Wildman–Crippen LogP) is 3.57. The third-order valence-electron chi connectivity index (χ3n) is 5.27. The number of aromatic amines is 1. The zero-order valence-corrected chi connectivity index (χ0v) is 15.8. The summed E-state index contributed by atoms with van der Waals surface area (Å²) in [5.74, 6) is 0.937. The number of halogens is 1. The van der Waals surface area contributed by atoms with Gasteiger partial charge in [-0.3, -0.25) is 4.79 Å². The van der Waals surface area contributed by atoms with E-state index in [0.29, 0.717) is 18.1 Å². The van der Waals surface area contributed by atoms with Crippen LogP contribution in [0.2, 0.25) is 0 Å². The Labute approximate surface area is 166 Å². The SMILES string of the molecule is Cc1nc(C(=O)N2CCCC2c2nc3ccccc3[nH]2)nn1-c1ccc(F)cc1. The minimum atomic E-state index is -0.325. The standard InChI is InChI=1S/C21H19FN6O/c1-13-23-20(26-28(13)15-10-8-14(22)9-11-15)21(29)27-12-4-7-18(27)19-24-16-5-2-3-6-17(16)25-19/h2-3,5-6,8-11,18H,4,7,12H2,1H3,(H,24,25). The molecule has 8 heteroatoms. The Bertz CT molecular complexity index is 1160. The summed E-state index contributed by atoms with van der Waals surface area (Å²) in [6.45, 7) is 2.40. The smallest absolute Gasteiger partial charge is 0.294 e. The molecule has 0 radical (unpaired) electrons. The summed E-state index contributed by atoms with van der Waals surface area (Å²) in [7, 11) is 0. The van der Waals surface area contributed by atoms with Gasteiger partial charge in [-0.1, -0.05) is 12.1 Å². The Balaban J connectivity index is 1.45. The summed E-state index contributed by atoms with van der Waals surface area (Å²) in [4.78, 5) is 27.3. The maximum Gasteiger partial charge on any atom is 0.294 e. The molecule has 1 N–H and O–H groups in total. The molecular formula is C21H19FN6O. The number of fused-ring (bicyclic) bond motifs is 1. The van der Waals surface area contributed by atoms with Crippen LogP contribution in [0.1, 0.15) is 41.2 Å². The Kier molecular flexibility index (Phi) is 4.12. The van der Waals surface area contributed by atoms with E-state index in [1.165, 1.54) is 12.1 Å². The van der Waals surface area contributed by atoms with Gasteiger partial charge in [-0.15, -0.1) is 5.10 Å². The molecule has 1 unspecified atom stereocenters. The summed E-state index contributed by atoms with van der Waals surface area (Å²) in [6, 6.07) is 13.6. The van der Waals surface area contributed by atoms with Gasteiger partial charge in [-0.05, 0) is 56.2 Å². The van der Waals surface area contributed by atoms with Gasteiger partial charge in [0.2, 0.25) is 5.82 Å². The lowest BCUT2D eigenvalue weighted by molar-refractivity contribution is 0.0718. The van der Waals surface area contributed by atoms with E-state index in [1.54, 1.807) is 28.6 Å². The normalized spacial score (nSPS) is 16.6. The molecule has 2 aromatic heterocycles. The van der Waals surface area contributed by atoms with Crippen molar-refractivity contribution in [1.82, 2.24) is 29.6 Å². The lowest BCUT2D eigenvalue weighted by Gasteiger charge is -2.21. The summed E-state index contributed by atoms with van der Waals surface area (Å²) >= 11 is 0. The van der Waals surface area contributed by atoms with Crippen molar-refractivity contribution in [2.75, 3.05) is 6.54 Å². The van der Waals surface area contributed by atoms with Gasteiger partial charge in [0.15, 0.2) is 0 Å². The molecule has 4 aromatic rings. The zero-order chi connectivity index (χ0) is 20.0. The lowest BCUT2D eigenvalue weighted by atomic mass is 10.2. The number of rotatable bonds is 3. The van der Waals surface area contributed by atoms with Crippen molar-refractivity contribution in [3.8, 4) is 5.69 Å². The largest absolute Gasteiger partial charge is 0.340 e. The van der Waals surface area contributed by atoms with Crippen molar-refractivity contribution in [3.05, 3.63) is 71.8 Å². The highest BCUT2D eigenvalue weighted by molar-refractivity contribution is 5.91. The molecule has 0 spiro atoms. The molecule has 1 aliphatic heterocycles. The number of hydrogen-bond donors (Lipinski definition) is 1. The summed E-state index contributed by atoms with van der Waals surface area (Å²) in [6.07, 6.45) is 1.73. The van der Waals surface area contributed by atoms with Gasteiger partial charge >= 0.3 is 0 Å². The van der Waals surface area contributed by atoms with Crippen LogP contribution in [0.4, 0.5) is 4.39 Å². The first-order valence-electron chi connectivity index (χ1n) is 9.55. The molecule has 1 aliphatic rings. The van der Waals surface area contributed by atoms with Crippen molar-refractivity contribution in [2.24, 2.45) is 0 Å². The highest BCUT2D eigenvalue weighted by Gasteiger charge is 2.34. The summed E-state index contributed by atoms with van der Waals surface area (Å²) in [5, 5.41) is 4.39. The molecule has 1 amide bonds. The molecular weight excluding hydrogens is 371 g/mol. The molecule has 3 heterocycles. The second kappa shape index (κ2) is 6.80. The molecule has 2 aromatic carbocycles. The minimum Gasteiger partial charge on any atom is -0.340 e. The number of nitrogens with one attached hydrogen (secondary N) is 1. The van der Waals surface area contributed by atoms with E-state index in [2.05, 4.69) is 20.1 Å². The maximum absolute atomic E-state index is 13.2. The van der Waals surface area contributed by atoms with Crippen LogP contribution in [0.3, 0.4) is 0 Å². The quantitative estimate of drug-likeness (QED) is 0.580. The van der Waals surface area contributed by atoms with Gasteiger partial charge in [0.25, 0.3) is 5.91 Å². The number of hydrogen-bond acceptors (Lipinski definition) is 4. The highest BCUT2D eigenvalue weighted by atomic mass is 19.1. The third-order valence-corrected chi connectivity index (χ3v) is 5.27. The van der Waals surface area contributed by atoms with Gasteiger partial charge in [-0.25, -0.2) is 19.0 Å². The zero-order valence-electron chi connectivity index (χ0n) is 15.8. The molecule has 0 bridgehead atoms. The molecule has 0 saturated carbocycles. The topological polar surface area (TPSA) is 79.7 Å². The summed E-state index contributed by atoms with van der Waals surface area (Å²) < 4.78 is 14.8. The summed E-state index contributed by atoms with van der Waals surface area (Å²) in [5.41, 5.74) is 2.50. The Morgan fingerprint density at radius 1 is 1.14 bits per heavy atom. The number of H-pyrrole nitrogens is 1. The fourth-order valence-corrected chi connectivity index (χ4v) is 3.86. The monoisotopic (exact) mass is 390 g/mol. The Hall–Kier alpha value is -3.55. The second-order valence-corrected chi connectivity index (χ2v) is 7.17. The van der Waals surface area contributed by atoms with E-state index in [9.17, 15) is 9.18 Å². The average molecular weight is 390 g/mol. The molecule has 1 atom stereocenters. The predicted molar refractivity (Wildman–Crippen MR) is 105 cm³/mol. The maximum atomic E-state index is 13.2. The van der Waals surface area contributed by atoms with E-state index in [0.717, 1.165) is 29.7 Å². The lowest BCUT2D eigenvalue weighted by Crippen LogP contribution is -2.32. The Morgan fingerprint density at radius 2 is 1.93 bits per heavy atom. The van der Waals surface area contributed by atoms with E-state index < -0.39 is 0 Å². The number of carbonyl (C=O) groups excluding carboxylic acids is 1. The van der Waals surface area contributed by atoms with Crippen LogP contribution in [-0.2, 0) is 0 Å². The first-order valence-corrected chi connectivity index (χ1v) is 9.55. The van der Waals surface area contributed by atoms with Crippen molar-refractivity contribution in [2.45, 2.75) is 25.8 Å². The number of para-hydroxylation sites is 2. The average Bonchev–Trinajstić information content (AvgIpc) is 3.45. The van der Waals surface area contributed by atoms with Crippen LogP contribution in [-0.4, -0.2) is 42.1 Å². The van der Waals surface area contributed by atoms with E-state index >= 15 is 0 Å². The highest BCUT2D eigenvalue weighted by Crippen LogP contribution is 2.32. The van der Waals surface area contributed by atoms with E-state index in [4.69, 9.17) is 0 Å². The van der Waals surface area contributed by atoms with Crippen molar-refractivity contribution < 1.29 is 9.18 Å². The number of aromatic nitrogens is 5. The third kappa shape index (κ3) is 3.06. The Morgan fingerprint density at radius 3 is 2.72 bits per heavy atom. The van der Waals surface area contributed by atoms with E-state index in [1.807, 2.05) is 24.3 Å². The van der Waals surface area contributed by atoms with Crippen molar-refractivity contribution in [1.29, 1.82) is 0 Å². The first kappa shape index (κ1) is 17.5. The van der Waals surface area contributed by atoms with Gasteiger partial charge < -0.3 is 9.88 Å². The molecule has 1 fully saturated rings. The van der Waals surface area contributed by atoms with Gasteiger partial charge in [0, 0.05) is 6.54 Å². The second-order valence-electron chi connectivity index (χ2n) is 7.17. The van der Waals surface area contributed by atoms with Gasteiger partial charge in [0.05, 0.1) is 22.8 Å². The number of benzene rings is 2. The first-order chi connectivity index (χ1) is 14.1. The molecule has 146 valence electrons. The van der Waals surface area contributed by atoms with E-state index in [-0.39, 0.29) is 23.6 Å². The van der Waals surface area contributed by atoms with Crippen molar-refractivity contribution >= 4 is 16.9 Å². The fraction of sp³-hybridized carbons (Fsp3) is 0.238. The number of imidazole rings is 1. The fourth-order valence-electron chi connectivity index (χ4n) is 3.86. The van der Waals surface area contributed by atoms with Crippen LogP contribution >= 0.6 is 0 Å². The molecule has 5 rings (SSSR count). The van der Waals surface area contributed by atoms with Crippen LogP contribution in [0.25, 0.3) is 16.7 Å². The number of carbonyl (C=O) groups is 1. The number of nitrogens with zero attached hydrogens (tertiary/aromatic N) is 5. The van der Waals surface area contributed by atoms with Crippen LogP contribution in [0, 0.1) is 12.7 Å². The number of amides is 1. The van der Waals surface area contributed by atoms with Gasteiger partial charge in [0.1, 0.15) is 17.5 Å². The van der Waals surface area contributed by atoms with Crippen LogP contribution in [0.5, 0.6) is 0 Å². The molecule has 0 aliphatic carbocycles. The molecule has 7 nitrogen and oxygen atoms in total.